The Labute approximate surface area is 78.6 Å². The zero-order chi connectivity index (χ0) is 9.10. The van der Waals surface area contributed by atoms with Crippen LogP contribution < -0.4 is 5.32 Å². The number of benzene rings is 1. The van der Waals surface area contributed by atoms with Crippen molar-refractivity contribution in [2.75, 3.05) is 6.54 Å². The lowest BCUT2D eigenvalue weighted by molar-refractivity contribution is 0.137. The van der Waals surface area contributed by atoms with E-state index in [4.69, 9.17) is 0 Å². The molecule has 2 heteroatoms. The summed E-state index contributed by atoms with van der Waals surface area (Å²) >= 11 is 0. The van der Waals surface area contributed by atoms with Crippen molar-refractivity contribution in [3.8, 4) is 0 Å². The third kappa shape index (κ3) is 1.90. The molecule has 0 radical (unpaired) electrons. The molecule has 2 nitrogen and oxygen atoms in total. The zero-order valence-corrected chi connectivity index (χ0v) is 7.61. The molecule has 13 heavy (non-hydrogen) atoms. The van der Waals surface area contributed by atoms with Gasteiger partial charge in [0.1, 0.15) is 0 Å². The number of hydrogen-bond acceptors (Lipinski definition) is 2. The molecule has 0 unspecified atom stereocenters. The van der Waals surface area contributed by atoms with Gasteiger partial charge in [0.25, 0.3) is 0 Å². The fourth-order valence-electron chi connectivity index (χ4n) is 1.86. The van der Waals surface area contributed by atoms with Crippen molar-refractivity contribution >= 4 is 0 Å². The summed E-state index contributed by atoms with van der Waals surface area (Å²) in [7, 11) is 0. The number of aliphatic hydroxyl groups excluding tert-OH is 1. The molecular weight excluding hydrogens is 162 g/mol. The van der Waals surface area contributed by atoms with Crippen molar-refractivity contribution in [1.29, 1.82) is 0 Å². The van der Waals surface area contributed by atoms with Gasteiger partial charge in [-0.1, -0.05) is 30.3 Å². The van der Waals surface area contributed by atoms with Gasteiger partial charge in [0.15, 0.2) is 0 Å². The van der Waals surface area contributed by atoms with Crippen LogP contribution in [0, 0.1) is 0 Å². The maximum Gasteiger partial charge on any atom is 0.0942 e. The fraction of sp³-hybridized carbons (Fsp3) is 0.455. The molecule has 0 bridgehead atoms. The average molecular weight is 177 g/mol. The molecule has 1 aromatic rings. The Balaban J connectivity index is 2.08. The molecule has 1 fully saturated rings. The minimum atomic E-state index is -0.344. The van der Waals surface area contributed by atoms with E-state index in [1.807, 2.05) is 30.3 Å². The van der Waals surface area contributed by atoms with Crippen molar-refractivity contribution in [3.05, 3.63) is 35.9 Å². The Morgan fingerprint density at radius 3 is 2.69 bits per heavy atom. The lowest BCUT2D eigenvalue weighted by Gasteiger charge is -2.18. The Hall–Kier alpha value is -0.860. The molecule has 2 atom stereocenters. The van der Waals surface area contributed by atoms with E-state index >= 15 is 0 Å². The molecular formula is C11H15NO. The molecule has 0 saturated carbocycles. The van der Waals surface area contributed by atoms with Gasteiger partial charge in [0, 0.05) is 6.04 Å². The first kappa shape index (κ1) is 8.73. The second kappa shape index (κ2) is 3.90. The molecule has 1 aromatic carbocycles. The van der Waals surface area contributed by atoms with Crippen LogP contribution in [-0.2, 0) is 0 Å². The predicted octanol–water partition coefficient (Wildman–Crippen LogP) is 1.47. The van der Waals surface area contributed by atoms with Gasteiger partial charge < -0.3 is 10.4 Å². The van der Waals surface area contributed by atoms with Gasteiger partial charge in [0.05, 0.1) is 6.10 Å². The topological polar surface area (TPSA) is 32.3 Å². The highest BCUT2D eigenvalue weighted by Gasteiger charge is 2.23. The Kier molecular flexibility index (Phi) is 2.62. The summed E-state index contributed by atoms with van der Waals surface area (Å²) in [5.74, 6) is 0. The highest BCUT2D eigenvalue weighted by Crippen LogP contribution is 2.22. The molecule has 2 N–H and O–H groups in total. The van der Waals surface area contributed by atoms with E-state index in [1.54, 1.807) is 0 Å². The molecule has 1 aliphatic rings. The largest absolute Gasteiger partial charge is 0.387 e. The van der Waals surface area contributed by atoms with Gasteiger partial charge in [-0.3, -0.25) is 0 Å². The lowest BCUT2D eigenvalue weighted by atomic mass is 10.0. The standard InChI is InChI=1S/C11H15NO/c13-11(10-7-4-8-12-10)9-5-2-1-3-6-9/h1-3,5-6,10-13H,4,7-8H2/t10-,11+/m1/s1. The maximum absolute atomic E-state index is 9.96. The second-order valence-corrected chi connectivity index (χ2v) is 3.56. The van der Waals surface area contributed by atoms with E-state index in [9.17, 15) is 5.11 Å². The molecule has 1 saturated heterocycles. The lowest BCUT2D eigenvalue weighted by Crippen LogP contribution is -2.28. The van der Waals surface area contributed by atoms with E-state index in [0.717, 1.165) is 18.5 Å². The monoisotopic (exact) mass is 177 g/mol. The van der Waals surface area contributed by atoms with E-state index in [1.165, 1.54) is 6.42 Å². The average Bonchev–Trinajstić information content (AvgIpc) is 2.71. The number of aliphatic hydroxyl groups is 1. The summed E-state index contributed by atoms with van der Waals surface area (Å²) in [5.41, 5.74) is 1.02. The number of rotatable bonds is 2. The van der Waals surface area contributed by atoms with Crippen molar-refractivity contribution in [2.24, 2.45) is 0 Å². The van der Waals surface area contributed by atoms with Crippen LogP contribution >= 0.6 is 0 Å². The molecule has 70 valence electrons. The van der Waals surface area contributed by atoms with Crippen LogP contribution in [0.4, 0.5) is 0 Å². The highest BCUT2D eigenvalue weighted by atomic mass is 16.3. The van der Waals surface area contributed by atoms with Crippen molar-refractivity contribution in [1.82, 2.24) is 5.32 Å². The van der Waals surface area contributed by atoms with Crippen molar-refractivity contribution in [3.63, 3.8) is 0 Å². The van der Waals surface area contributed by atoms with E-state index in [-0.39, 0.29) is 12.1 Å². The first-order valence-corrected chi connectivity index (χ1v) is 4.84. The molecule has 2 rings (SSSR count). The normalized spacial score (nSPS) is 24.5. The Bertz CT molecular complexity index is 254. The third-order valence-electron chi connectivity index (χ3n) is 2.62. The minimum absolute atomic E-state index is 0.252. The van der Waals surface area contributed by atoms with Crippen LogP contribution in [0.2, 0.25) is 0 Å². The highest BCUT2D eigenvalue weighted by molar-refractivity contribution is 5.19. The first-order valence-electron chi connectivity index (χ1n) is 4.84. The fourth-order valence-corrected chi connectivity index (χ4v) is 1.86. The van der Waals surface area contributed by atoms with Crippen LogP contribution in [0.15, 0.2) is 30.3 Å². The summed E-state index contributed by atoms with van der Waals surface area (Å²) in [6.07, 6.45) is 1.91. The quantitative estimate of drug-likeness (QED) is 0.717. The number of hydrogen-bond donors (Lipinski definition) is 2. The van der Waals surface area contributed by atoms with E-state index in [2.05, 4.69) is 5.32 Å². The van der Waals surface area contributed by atoms with Gasteiger partial charge in [-0.2, -0.15) is 0 Å². The van der Waals surface area contributed by atoms with Crippen LogP contribution in [0.5, 0.6) is 0 Å². The minimum Gasteiger partial charge on any atom is -0.387 e. The van der Waals surface area contributed by atoms with Gasteiger partial charge in [0.2, 0.25) is 0 Å². The van der Waals surface area contributed by atoms with Gasteiger partial charge in [-0.15, -0.1) is 0 Å². The van der Waals surface area contributed by atoms with Crippen LogP contribution in [0.1, 0.15) is 24.5 Å². The van der Waals surface area contributed by atoms with Crippen LogP contribution in [0.25, 0.3) is 0 Å². The maximum atomic E-state index is 9.96. The second-order valence-electron chi connectivity index (χ2n) is 3.56. The summed E-state index contributed by atoms with van der Waals surface area (Å²) in [6.45, 7) is 1.04. The van der Waals surface area contributed by atoms with E-state index < -0.39 is 0 Å². The van der Waals surface area contributed by atoms with Crippen molar-refractivity contribution < 1.29 is 5.11 Å². The number of nitrogens with one attached hydrogen (secondary N) is 1. The molecule has 0 aliphatic carbocycles. The Morgan fingerprint density at radius 2 is 2.08 bits per heavy atom. The molecule has 0 spiro atoms. The van der Waals surface area contributed by atoms with Crippen LogP contribution in [-0.4, -0.2) is 17.7 Å². The summed E-state index contributed by atoms with van der Waals surface area (Å²) < 4.78 is 0. The summed E-state index contributed by atoms with van der Waals surface area (Å²) in [4.78, 5) is 0. The molecule has 0 amide bonds. The SMILES string of the molecule is O[C@@H](c1ccccc1)[C@H]1CCCN1. The first-order chi connectivity index (χ1) is 6.38. The summed E-state index contributed by atoms with van der Waals surface area (Å²) in [6, 6.07) is 10.1. The van der Waals surface area contributed by atoms with Crippen LogP contribution in [0.3, 0.4) is 0 Å². The molecule has 1 aliphatic heterocycles. The third-order valence-corrected chi connectivity index (χ3v) is 2.62. The Morgan fingerprint density at radius 1 is 1.31 bits per heavy atom. The smallest absolute Gasteiger partial charge is 0.0942 e. The molecule has 0 aromatic heterocycles. The van der Waals surface area contributed by atoms with E-state index in [0.29, 0.717) is 0 Å². The molecule has 1 heterocycles. The predicted molar refractivity (Wildman–Crippen MR) is 52.4 cm³/mol. The summed E-state index contributed by atoms with van der Waals surface area (Å²) in [5, 5.41) is 13.3. The zero-order valence-electron chi connectivity index (χ0n) is 7.61. The van der Waals surface area contributed by atoms with Gasteiger partial charge in [-0.25, -0.2) is 0 Å². The van der Waals surface area contributed by atoms with Gasteiger partial charge in [-0.05, 0) is 24.9 Å². The van der Waals surface area contributed by atoms with Crippen molar-refractivity contribution in [2.45, 2.75) is 25.0 Å². The van der Waals surface area contributed by atoms with Gasteiger partial charge >= 0.3 is 0 Å².